The van der Waals surface area contributed by atoms with Crippen LogP contribution in [0.15, 0.2) is 33.9 Å². The minimum Gasteiger partial charge on any atom is -0.485 e. The molecular weight excluding hydrogens is 316 g/mol. The van der Waals surface area contributed by atoms with Crippen molar-refractivity contribution in [1.82, 2.24) is 10.2 Å². The molecule has 4 rings (SSSR count). The molecule has 1 saturated carbocycles. The van der Waals surface area contributed by atoms with Gasteiger partial charge >= 0.3 is 0 Å². The number of aromatic nitrogens is 2. The average molecular weight is 332 g/mol. The number of rotatable bonds is 3. The van der Waals surface area contributed by atoms with Crippen LogP contribution in [0.3, 0.4) is 0 Å². The number of hydrogen-bond acceptors (Lipinski definition) is 7. The summed E-state index contributed by atoms with van der Waals surface area (Å²) in [6, 6.07) is 7.48. The SMILES string of the molecule is O=C1CCCCC1Sc1nnc(C2COc3ccccc3O2)o1. The molecule has 0 spiro atoms. The molecule has 1 fully saturated rings. The smallest absolute Gasteiger partial charge is 0.277 e. The monoisotopic (exact) mass is 332 g/mol. The van der Waals surface area contributed by atoms with Crippen molar-refractivity contribution in [3.05, 3.63) is 30.2 Å². The van der Waals surface area contributed by atoms with Gasteiger partial charge in [-0.2, -0.15) is 0 Å². The van der Waals surface area contributed by atoms with Crippen LogP contribution in [0.2, 0.25) is 0 Å². The van der Waals surface area contributed by atoms with Crippen LogP contribution in [0.25, 0.3) is 0 Å². The Balaban J connectivity index is 1.45. The van der Waals surface area contributed by atoms with Crippen LogP contribution in [0.1, 0.15) is 37.7 Å². The van der Waals surface area contributed by atoms with E-state index in [0.717, 1.165) is 19.3 Å². The van der Waals surface area contributed by atoms with Crippen LogP contribution in [0, 0.1) is 0 Å². The summed E-state index contributed by atoms with van der Waals surface area (Å²) in [7, 11) is 0. The lowest BCUT2D eigenvalue weighted by Gasteiger charge is -2.23. The van der Waals surface area contributed by atoms with Crippen LogP contribution in [0.4, 0.5) is 0 Å². The molecule has 120 valence electrons. The third kappa shape index (κ3) is 3.06. The number of Topliss-reactive ketones (excluding diaryl/α,β-unsaturated/α-hetero) is 1. The molecule has 0 amide bonds. The molecule has 2 unspecified atom stereocenters. The first kappa shape index (κ1) is 14.6. The number of carbonyl (C=O) groups excluding carboxylic acids is 1. The molecule has 2 heterocycles. The lowest BCUT2D eigenvalue weighted by atomic mass is 9.99. The van der Waals surface area contributed by atoms with Crippen LogP contribution in [0.5, 0.6) is 11.5 Å². The van der Waals surface area contributed by atoms with Crippen molar-refractivity contribution in [2.24, 2.45) is 0 Å². The maximum atomic E-state index is 11.9. The summed E-state index contributed by atoms with van der Waals surface area (Å²) in [5.41, 5.74) is 0. The number of ketones is 1. The predicted molar refractivity (Wildman–Crippen MR) is 82.7 cm³/mol. The van der Waals surface area contributed by atoms with Gasteiger partial charge in [0.05, 0.1) is 5.25 Å². The van der Waals surface area contributed by atoms with Crippen molar-refractivity contribution < 1.29 is 18.7 Å². The lowest BCUT2D eigenvalue weighted by molar-refractivity contribution is -0.119. The zero-order chi connectivity index (χ0) is 15.6. The number of nitrogens with zero attached hydrogens (tertiary/aromatic N) is 2. The third-order valence-corrected chi connectivity index (χ3v) is 5.10. The van der Waals surface area contributed by atoms with Gasteiger partial charge in [-0.1, -0.05) is 30.3 Å². The highest BCUT2D eigenvalue weighted by Crippen LogP contribution is 2.37. The van der Waals surface area contributed by atoms with Crippen LogP contribution < -0.4 is 9.47 Å². The number of thioether (sulfide) groups is 1. The normalized spacial score (nSPS) is 23.7. The summed E-state index contributed by atoms with van der Waals surface area (Å²) < 4.78 is 17.2. The molecule has 7 heteroatoms. The first-order valence-electron chi connectivity index (χ1n) is 7.71. The van der Waals surface area contributed by atoms with Gasteiger partial charge in [-0.25, -0.2) is 0 Å². The highest BCUT2D eigenvalue weighted by atomic mass is 32.2. The standard InChI is InChI=1S/C16H16N2O4S/c19-10-5-1-4-8-14(10)23-16-18-17-15(22-16)13-9-20-11-6-2-3-7-12(11)21-13/h2-3,6-7,13-14H,1,4-5,8-9H2. The van der Waals surface area contributed by atoms with Crippen molar-refractivity contribution in [3.63, 3.8) is 0 Å². The Hall–Kier alpha value is -2.02. The Labute approximate surface area is 137 Å². The van der Waals surface area contributed by atoms with E-state index in [4.69, 9.17) is 13.9 Å². The van der Waals surface area contributed by atoms with Gasteiger partial charge in [-0.3, -0.25) is 4.79 Å². The molecule has 0 radical (unpaired) electrons. The molecule has 0 bridgehead atoms. The first-order chi connectivity index (χ1) is 11.3. The summed E-state index contributed by atoms with van der Waals surface area (Å²) in [4.78, 5) is 11.9. The first-order valence-corrected chi connectivity index (χ1v) is 8.59. The summed E-state index contributed by atoms with van der Waals surface area (Å²) in [6.45, 7) is 0.325. The predicted octanol–water partition coefficient (Wildman–Crippen LogP) is 3.19. The Kier molecular flexibility index (Phi) is 3.95. The Morgan fingerprint density at radius 2 is 2.00 bits per heavy atom. The van der Waals surface area contributed by atoms with Crippen molar-refractivity contribution in [2.75, 3.05) is 6.61 Å². The Morgan fingerprint density at radius 1 is 1.13 bits per heavy atom. The fourth-order valence-electron chi connectivity index (χ4n) is 2.74. The molecule has 2 aromatic rings. The molecule has 23 heavy (non-hydrogen) atoms. The molecule has 2 aliphatic rings. The van der Waals surface area contributed by atoms with E-state index in [1.165, 1.54) is 11.8 Å². The van der Waals surface area contributed by atoms with Gasteiger partial charge in [0.1, 0.15) is 12.4 Å². The maximum Gasteiger partial charge on any atom is 0.277 e. The highest BCUT2D eigenvalue weighted by Gasteiger charge is 2.29. The van der Waals surface area contributed by atoms with Gasteiger partial charge in [0.15, 0.2) is 11.5 Å². The van der Waals surface area contributed by atoms with Crippen LogP contribution in [-0.2, 0) is 4.79 Å². The van der Waals surface area contributed by atoms with Gasteiger partial charge in [-0.05, 0) is 25.0 Å². The second kappa shape index (κ2) is 6.23. The van der Waals surface area contributed by atoms with Gasteiger partial charge in [0, 0.05) is 6.42 Å². The average Bonchev–Trinajstić information content (AvgIpc) is 3.05. The Bertz CT molecular complexity index is 718. The summed E-state index contributed by atoms with van der Waals surface area (Å²) in [6.07, 6.45) is 3.15. The molecule has 0 N–H and O–H groups in total. The van der Waals surface area contributed by atoms with Gasteiger partial charge in [-0.15, -0.1) is 10.2 Å². The quantitative estimate of drug-likeness (QED) is 0.854. The fraction of sp³-hybridized carbons (Fsp3) is 0.438. The molecular formula is C16H16N2O4S. The van der Waals surface area contributed by atoms with Crippen molar-refractivity contribution in [1.29, 1.82) is 0 Å². The topological polar surface area (TPSA) is 74.5 Å². The van der Waals surface area contributed by atoms with E-state index in [0.29, 0.717) is 35.6 Å². The van der Waals surface area contributed by atoms with Gasteiger partial charge in [0.2, 0.25) is 6.10 Å². The summed E-state index contributed by atoms with van der Waals surface area (Å²) in [5.74, 6) is 2.03. The summed E-state index contributed by atoms with van der Waals surface area (Å²) in [5, 5.41) is 8.43. The number of para-hydroxylation sites is 2. The molecule has 1 aliphatic carbocycles. The van der Waals surface area contributed by atoms with Gasteiger partial charge in [0.25, 0.3) is 11.1 Å². The van der Waals surface area contributed by atoms with Crippen LogP contribution in [-0.4, -0.2) is 27.8 Å². The maximum absolute atomic E-state index is 11.9. The third-order valence-electron chi connectivity index (χ3n) is 3.95. The van der Waals surface area contributed by atoms with Crippen molar-refractivity contribution in [3.8, 4) is 11.5 Å². The molecule has 2 atom stereocenters. The van der Waals surface area contributed by atoms with Crippen LogP contribution >= 0.6 is 11.8 Å². The Morgan fingerprint density at radius 3 is 2.87 bits per heavy atom. The molecule has 1 aliphatic heterocycles. The van der Waals surface area contributed by atoms with E-state index in [2.05, 4.69) is 10.2 Å². The highest BCUT2D eigenvalue weighted by molar-refractivity contribution is 8.00. The van der Waals surface area contributed by atoms with E-state index >= 15 is 0 Å². The second-order valence-corrected chi connectivity index (χ2v) is 6.74. The van der Waals surface area contributed by atoms with E-state index in [1.807, 2.05) is 24.3 Å². The lowest BCUT2D eigenvalue weighted by Crippen LogP contribution is -2.21. The second-order valence-electron chi connectivity index (χ2n) is 5.59. The number of ether oxygens (including phenoxy) is 2. The van der Waals surface area contributed by atoms with E-state index in [1.54, 1.807) is 0 Å². The number of fused-ring (bicyclic) bond motifs is 1. The minimum atomic E-state index is -0.422. The number of hydrogen-bond donors (Lipinski definition) is 0. The zero-order valence-electron chi connectivity index (χ0n) is 12.4. The van der Waals surface area contributed by atoms with E-state index in [9.17, 15) is 4.79 Å². The largest absolute Gasteiger partial charge is 0.485 e. The van der Waals surface area contributed by atoms with Crippen molar-refractivity contribution in [2.45, 2.75) is 42.3 Å². The number of benzene rings is 1. The molecule has 1 aromatic heterocycles. The molecule has 6 nitrogen and oxygen atoms in total. The molecule has 1 aromatic carbocycles. The summed E-state index contributed by atoms with van der Waals surface area (Å²) >= 11 is 1.36. The molecule has 0 saturated heterocycles. The fourth-order valence-corrected chi connectivity index (χ4v) is 3.74. The van der Waals surface area contributed by atoms with Crippen molar-refractivity contribution >= 4 is 17.5 Å². The zero-order valence-corrected chi connectivity index (χ0v) is 13.3. The van der Waals surface area contributed by atoms with Gasteiger partial charge < -0.3 is 13.9 Å². The minimum absolute atomic E-state index is 0.0682. The van der Waals surface area contributed by atoms with E-state index < -0.39 is 6.10 Å². The van der Waals surface area contributed by atoms with E-state index in [-0.39, 0.29) is 11.0 Å². The number of carbonyl (C=O) groups is 1.